The zero-order valence-corrected chi connectivity index (χ0v) is 19.6. The Kier molecular flexibility index (Phi) is 6.44. The minimum Gasteiger partial charge on any atom is -0.323 e. The molecule has 32 heavy (non-hydrogen) atoms. The lowest BCUT2D eigenvalue weighted by molar-refractivity contribution is 0.574. The molecule has 4 aromatic rings. The smallest absolute Gasteiger partial charge is 0.240 e. The Morgan fingerprint density at radius 3 is 2.31 bits per heavy atom. The number of hydrogen-bond acceptors (Lipinski definition) is 3. The van der Waals surface area contributed by atoms with Gasteiger partial charge in [0.1, 0.15) is 5.82 Å². The van der Waals surface area contributed by atoms with Crippen LogP contribution in [0.3, 0.4) is 0 Å². The molecule has 5 nitrogen and oxygen atoms in total. The molecule has 1 N–H and O–H groups in total. The van der Waals surface area contributed by atoms with Crippen molar-refractivity contribution in [3.8, 4) is 11.4 Å². The van der Waals surface area contributed by atoms with Crippen molar-refractivity contribution in [2.24, 2.45) is 5.92 Å². The number of fused-ring (bicyclic) bond motifs is 1. The second-order valence-corrected chi connectivity index (χ2v) is 10.3. The normalized spacial score (nSPS) is 12.0. The molecule has 4 rings (SSSR count). The zero-order chi connectivity index (χ0) is 22.7. The Hall–Kier alpha value is -2.96. The van der Waals surface area contributed by atoms with Crippen molar-refractivity contribution in [3.63, 3.8) is 0 Å². The number of rotatable bonds is 8. The van der Waals surface area contributed by atoms with Crippen molar-refractivity contribution >= 4 is 21.1 Å². The van der Waals surface area contributed by atoms with Crippen molar-refractivity contribution < 1.29 is 8.42 Å². The molecule has 0 radical (unpaired) electrons. The van der Waals surface area contributed by atoms with Crippen LogP contribution in [0, 0.1) is 12.8 Å². The van der Waals surface area contributed by atoms with Crippen LogP contribution in [0.1, 0.15) is 25.0 Å². The maximum Gasteiger partial charge on any atom is 0.240 e. The Bertz CT molecular complexity index is 1310. The van der Waals surface area contributed by atoms with E-state index in [1.165, 1.54) is 5.56 Å². The van der Waals surface area contributed by atoms with Gasteiger partial charge in [-0.25, -0.2) is 18.1 Å². The lowest BCUT2D eigenvalue weighted by atomic mass is 10.0. The van der Waals surface area contributed by atoms with Gasteiger partial charge in [0.15, 0.2) is 0 Å². The van der Waals surface area contributed by atoms with Crippen LogP contribution >= 0.6 is 0 Å². The van der Waals surface area contributed by atoms with E-state index in [4.69, 9.17) is 4.98 Å². The van der Waals surface area contributed by atoms with E-state index < -0.39 is 10.0 Å². The van der Waals surface area contributed by atoms with Crippen LogP contribution in [-0.2, 0) is 23.0 Å². The highest BCUT2D eigenvalue weighted by atomic mass is 32.2. The number of aromatic nitrogens is 2. The third-order valence-electron chi connectivity index (χ3n) is 5.47. The van der Waals surface area contributed by atoms with Gasteiger partial charge in [-0.1, -0.05) is 67.9 Å². The predicted molar refractivity (Wildman–Crippen MR) is 130 cm³/mol. The highest BCUT2D eigenvalue weighted by molar-refractivity contribution is 7.89. The summed E-state index contributed by atoms with van der Waals surface area (Å²) in [5.41, 5.74) is 5.22. The third kappa shape index (κ3) is 4.92. The van der Waals surface area contributed by atoms with Gasteiger partial charge in [0.05, 0.1) is 15.9 Å². The van der Waals surface area contributed by atoms with Gasteiger partial charge < -0.3 is 4.57 Å². The summed E-state index contributed by atoms with van der Waals surface area (Å²) in [7, 11) is -3.58. The van der Waals surface area contributed by atoms with Gasteiger partial charge in [-0.15, -0.1) is 0 Å². The van der Waals surface area contributed by atoms with Crippen molar-refractivity contribution in [2.75, 3.05) is 6.54 Å². The average molecular weight is 448 g/mol. The molecule has 0 saturated carbocycles. The average Bonchev–Trinajstić information content (AvgIpc) is 3.13. The summed E-state index contributed by atoms with van der Waals surface area (Å²) in [6.45, 7) is 7.11. The first-order chi connectivity index (χ1) is 15.3. The fourth-order valence-corrected chi connectivity index (χ4v) is 4.90. The number of aryl methyl sites for hydroxylation is 1. The van der Waals surface area contributed by atoms with Crippen LogP contribution in [-0.4, -0.2) is 24.5 Å². The highest BCUT2D eigenvalue weighted by Crippen LogP contribution is 2.25. The topological polar surface area (TPSA) is 64.0 Å². The molecule has 0 bridgehead atoms. The summed E-state index contributed by atoms with van der Waals surface area (Å²) in [6, 6.07) is 23.3. The summed E-state index contributed by atoms with van der Waals surface area (Å²) in [5, 5.41) is 0. The van der Waals surface area contributed by atoms with Gasteiger partial charge in [0, 0.05) is 18.7 Å². The first kappa shape index (κ1) is 22.2. The SMILES string of the molecule is Cc1ccc(-c2nc3ccccc3n2CCNS(=O)(=O)c2ccc(CC(C)C)cc2)cc1. The molecule has 0 unspecified atom stereocenters. The van der Waals surface area contributed by atoms with Crippen molar-refractivity contribution in [1.29, 1.82) is 0 Å². The fraction of sp³-hybridized carbons (Fsp3) is 0.269. The Morgan fingerprint density at radius 2 is 1.62 bits per heavy atom. The summed E-state index contributed by atoms with van der Waals surface area (Å²) in [4.78, 5) is 5.10. The highest BCUT2D eigenvalue weighted by Gasteiger charge is 2.16. The molecule has 0 spiro atoms. The van der Waals surface area contributed by atoms with E-state index in [1.54, 1.807) is 12.1 Å². The molecule has 0 amide bonds. The van der Waals surface area contributed by atoms with Crippen LogP contribution < -0.4 is 4.72 Å². The number of nitrogens with zero attached hydrogens (tertiary/aromatic N) is 2. The molecule has 3 aromatic carbocycles. The van der Waals surface area contributed by atoms with Crippen molar-refractivity contribution in [1.82, 2.24) is 14.3 Å². The number of hydrogen-bond donors (Lipinski definition) is 1. The number of sulfonamides is 1. The molecule has 0 atom stereocenters. The number of imidazole rings is 1. The number of benzene rings is 3. The molecular formula is C26H29N3O2S. The summed E-state index contributed by atoms with van der Waals surface area (Å²) in [6.07, 6.45) is 0.934. The van der Waals surface area contributed by atoms with Crippen LogP contribution in [0.25, 0.3) is 22.4 Å². The van der Waals surface area contributed by atoms with Crippen molar-refractivity contribution in [3.05, 3.63) is 83.9 Å². The molecular weight excluding hydrogens is 418 g/mol. The fourth-order valence-electron chi connectivity index (χ4n) is 3.88. The van der Waals surface area contributed by atoms with Gasteiger partial charge in [-0.2, -0.15) is 0 Å². The van der Waals surface area contributed by atoms with Crippen LogP contribution in [0.2, 0.25) is 0 Å². The maximum atomic E-state index is 12.8. The molecule has 0 fully saturated rings. The molecule has 1 heterocycles. The van der Waals surface area contributed by atoms with E-state index in [2.05, 4.69) is 54.3 Å². The van der Waals surface area contributed by atoms with Gasteiger partial charge in [-0.05, 0) is 49.1 Å². The van der Waals surface area contributed by atoms with Gasteiger partial charge in [0.25, 0.3) is 0 Å². The van der Waals surface area contributed by atoms with E-state index in [0.717, 1.165) is 34.4 Å². The zero-order valence-electron chi connectivity index (χ0n) is 18.7. The quantitative estimate of drug-likeness (QED) is 0.404. The lowest BCUT2D eigenvalue weighted by Crippen LogP contribution is -2.27. The first-order valence-corrected chi connectivity index (χ1v) is 12.4. The first-order valence-electron chi connectivity index (χ1n) is 10.9. The monoisotopic (exact) mass is 447 g/mol. The number of para-hydroxylation sites is 2. The second-order valence-electron chi connectivity index (χ2n) is 8.58. The maximum absolute atomic E-state index is 12.8. The van der Waals surface area contributed by atoms with Gasteiger partial charge >= 0.3 is 0 Å². The van der Waals surface area contributed by atoms with Crippen LogP contribution in [0.4, 0.5) is 0 Å². The largest absolute Gasteiger partial charge is 0.323 e. The molecule has 0 aliphatic heterocycles. The van der Waals surface area contributed by atoms with E-state index in [9.17, 15) is 8.42 Å². The van der Waals surface area contributed by atoms with Crippen molar-refractivity contribution in [2.45, 2.75) is 38.6 Å². The van der Waals surface area contributed by atoms with Gasteiger partial charge in [-0.3, -0.25) is 0 Å². The molecule has 0 aliphatic rings. The van der Waals surface area contributed by atoms with E-state index in [-0.39, 0.29) is 6.54 Å². The minimum atomic E-state index is -3.58. The standard InChI is InChI=1S/C26H29N3O2S/c1-19(2)18-21-10-14-23(15-11-21)32(30,31)27-16-17-29-25-7-5-4-6-24(25)28-26(29)22-12-8-20(3)9-13-22/h4-15,19,27H,16-18H2,1-3H3. The van der Waals surface area contributed by atoms with Crippen LogP contribution in [0.15, 0.2) is 77.7 Å². The molecule has 0 saturated heterocycles. The van der Waals surface area contributed by atoms with Gasteiger partial charge in [0.2, 0.25) is 10.0 Å². The predicted octanol–water partition coefficient (Wildman–Crippen LogP) is 5.19. The Morgan fingerprint density at radius 1 is 0.938 bits per heavy atom. The summed E-state index contributed by atoms with van der Waals surface area (Å²) >= 11 is 0. The van der Waals surface area contributed by atoms with E-state index in [1.807, 2.05) is 36.4 Å². The lowest BCUT2D eigenvalue weighted by Gasteiger charge is -2.12. The van der Waals surface area contributed by atoms with E-state index >= 15 is 0 Å². The summed E-state index contributed by atoms with van der Waals surface area (Å²) in [5.74, 6) is 1.37. The van der Waals surface area contributed by atoms with Crippen LogP contribution in [0.5, 0.6) is 0 Å². The molecule has 1 aromatic heterocycles. The molecule has 166 valence electrons. The third-order valence-corrected chi connectivity index (χ3v) is 6.95. The molecule has 6 heteroatoms. The Balaban J connectivity index is 1.54. The second kappa shape index (κ2) is 9.27. The minimum absolute atomic E-state index is 0.273. The van der Waals surface area contributed by atoms with E-state index in [0.29, 0.717) is 17.4 Å². The number of nitrogens with one attached hydrogen (secondary N) is 1. The molecule has 0 aliphatic carbocycles. The Labute approximate surface area is 190 Å². The summed E-state index contributed by atoms with van der Waals surface area (Å²) < 4.78 is 30.5.